The van der Waals surface area contributed by atoms with Gasteiger partial charge in [0.1, 0.15) is 0 Å². The molecule has 0 radical (unpaired) electrons. The molecule has 0 amide bonds. The van der Waals surface area contributed by atoms with Gasteiger partial charge in [-0.05, 0) is 62.4 Å². The summed E-state index contributed by atoms with van der Waals surface area (Å²) in [5.41, 5.74) is 1.20. The van der Waals surface area contributed by atoms with E-state index in [1.165, 1.54) is 5.56 Å². The first-order valence-corrected chi connectivity index (χ1v) is 13.0. The van der Waals surface area contributed by atoms with E-state index in [4.69, 9.17) is 9.16 Å². The first-order chi connectivity index (χ1) is 12.6. The van der Waals surface area contributed by atoms with Gasteiger partial charge in [0.2, 0.25) is 0 Å². The van der Waals surface area contributed by atoms with Gasteiger partial charge in [-0.2, -0.15) is 0 Å². The number of allylic oxidation sites excluding steroid dienone is 2. The van der Waals surface area contributed by atoms with E-state index in [1.807, 2.05) is 24.3 Å². The molecule has 152 valence electrons. The van der Waals surface area contributed by atoms with Crippen LogP contribution < -0.4 is 0 Å². The molecule has 0 saturated heterocycles. The number of carbonyl (C=O) groups excluding carboxylic acids is 1. The van der Waals surface area contributed by atoms with Gasteiger partial charge in [-0.3, -0.25) is 4.79 Å². The zero-order valence-electron chi connectivity index (χ0n) is 18.1. The highest BCUT2D eigenvalue weighted by atomic mass is 28.4. The molecule has 0 aliphatic carbocycles. The standard InChI is InChI=1S/C23H38O3Si/c1-20(24)13-9-7-12-16-22(26-27(5,6)23(2,3)4)17-18-25-19-21-14-10-8-11-15-21/h8-11,13-15,22H,7,12,16-19H2,1-6H3/b13-9+/t22-/m1/s1. The predicted molar refractivity (Wildman–Crippen MR) is 116 cm³/mol. The Hall–Kier alpha value is -1.23. The number of rotatable bonds is 12. The Morgan fingerprint density at radius 2 is 1.81 bits per heavy atom. The number of benzene rings is 1. The van der Waals surface area contributed by atoms with Gasteiger partial charge in [0, 0.05) is 12.7 Å². The lowest BCUT2D eigenvalue weighted by Gasteiger charge is -2.39. The van der Waals surface area contributed by atoms with Crippen LogP contribution >= 0.6 is 0 Å². The lowest BCUT2D eigenvalue weighted by Crippen LogP contribution is -2.44. The van der Waals surface area contributed by atoms with Crippen LogP contribution in [0.3, 0.4) is 0 Å². The van der Waals surface area contributed by atoms with E-state index < -0.39 is 8.32 Å². The molecule has 0 heterocycles. The largest absolute Gasteiger partial charge is 0.414 e. The molecule has 0 aliphatic heterocycles. The Morgan fingerprint density at radius 1 is 1.15 bits per heavy atom. The first kappa shape index (κ1) is 23.8. The van der Waals surface area contributed by atoms with Crippen LogP contribution in [0.15, 0.2) is 42.5 Å². The second kappa shape index (κ2) is 11.6. The fourth-order valence-corrected chi connectivity index (χ4v) is 3.97. The van der Waals surface area contributed by atoms with Crippen LogP contribution in [0.25, 0.3) is 0 Å². The van der Waals surface area contributed by atoms with Crippen LogP contribution in [0, 0.1) is 0 Å². The summed E-state index contributed by atoms with van der Waals surface area (Å²) in [7, 11) is -1.81. The molecule has 0 fully saturated rings. The highest BCUT2D eigenvalue weighted by Gasteiger charge is 2.38. The summed E-state index contributed by atoms with van der Waals surface area (Å²) in [6.07, 6.45) is 7.71. The number of ether oxygens (including phenoxy) is 1. The summed E-state index contributed by atoms with van der Waals surface area (Å²) in [4.78, 5) is 11.0. The maximum atomic E-state index is 11.0. The third-order valence-electron chi connectivity index (χ3n) is 5.21. The molecule has 0 aromatic heterocycles. The second-order valence-corrected chi connectivity index (χ2v) is 13.5. The fourth-order valence-electron chi connectivity index (χ4n) is 2.55. The maximum absolute atomic E-state index is 11.0. The number of hydrogen-bond donors (Lipinski definition) is 0. The normalized spacial score (nSPS) is 13.9. The monoisotopic (exact) mass is 390 g/mol. The van der Waals surface area contributed by atoms with Crippen molar-refractivity contribution in [3.63, 3.8) is 0 Å². The van der Waals surface area contributed by atoms with E-state index in [0.717, 1.165) is 25.7 Å². The summed E-state index contributed by atoms with van der Waals surface area (Å²) >= 11 is 0. The molecule has 0 aliphatic rings. The lowest BCUT2D eigenvalue weighted by atomic mass is 10.1. The predicted octanol–water partition coefficient (Wildman–Crippen LogP) is 6.30. The molecule has 1 aromatic rings. The van der Waals surface area contributed by atoms with Crippen LogP contribution in [0.1, 0.15) is 58.9 Å². The molecule has 0 spiro atoms. The number of hydrogen-bond acceptors (Lipinski definition) is 3. The number of carbonyl (C=O) groups is 1. The number of ketones is 1. The van der Waals surface area contributed by atoms with Gasteiger partial charge >= 0.3 is 0 Å². The Bertz CT molecular complexity index is 573. The maximum Gasteiger partial charge on any atom is 0.192 e. The van der Waals surface area contributed by atoms with Gasteiger partial charge in [-0.15, -0.1) is 0 Å². The van der Waals surface area contributed by atoms with Crippen LogP contribution in [0.2, 0.25) is 18.1 Å². The zero-order valence-corrected chi connectivity index (χ0v) is 19.1. The van der Waals surface area contributed by atoms with E-state index in [2.05, 4.69) is 46.0 Å². The van der Waals surface area contributed by atoms with Crippen molar-refractivity contribution in [1.29, 1.82) is 0 Å². The molecular formula is C23H38O3Si. The quantitative estimate of drug-likeness (QED) is 0.239. The third kappa shape index (κ3) is 10.0. The van der Waals surface area contributed by atoms with Gasteiger partial charge in [-0.1, -0.05) is 57.2 Å². The topological polar surface area (TPSA) is 35.5 Å². The van der Waals surface area contributed by atoms with Crippen LogP contribution in [0.4, 0.5) is 0 Å². The summed E-state index contributed by atoms with van der Waals surface area (Å²) in [6.45, 7) is 14.4. The van der Waals surface area contributed by atoms with Crippen molar-refractivity contribution < 1.29 is 14.0 Å². The molecule has 0 unspecified atom stereocenters. The molecule has 3 nitrogen and oxygen atoms in total. The minimum atomic E-state index is -1.81. The average molecular weight is 391 g/mol. The van der Waals surface area contributed by atoms with Crippen molar-refractivity contribution in [2.45, 2.75) is 84.2 Å². The molecule has 1 rings (SSSR count). The SMILES string of the molecule is CC(=O)/C=C/CCC[C@H](CCOCc1ccccc1)O[Si](C)(C)C(C)(C)C. The highest BCUT2D eigenvalue weighted by molar-refractivity contribution is 6.74. The molecular weight excluding hydrogens is 352 g/mol. The summed E-state index contributed by atoms with van der Waals surface area (Å²) in [6, 6.07) is 10.3. The van der Waals surface area contributed by atoms with Gasteiger partial charge in [0.25, 0.3) is 0 Å². The van der Waals surface area contributed by atoms with Crippen LogP contribution in [-0.4, -0.2) is 26.8 Å². The Labute approximate surface area is 167 Å². The Kier molecular flexibility index (Phi) is 10.2. The van der Waals surface area contributed by atoms with Gasteiger partial charge in [-0.25, -0.2) is 0 Å². The number of unbranched alkanes of at least 4 members (excludes halogenated alkanes) is 1. The van der Waals surface area contributed by atoms with E-state index in [0.29, 0.717) is 13.2 Å². The lowest BCUT2D eigenvalue weighted by molar-refractivity contribution is -0.112. The van der Waals surface area contributed by atoms with E-state index in [1.54, 1.807) is 13.0 Å². The summed E-state index contributed by atoms with van der Waals surface area (Å²) in [5.74, 6) is 0.110. The average Bonchev–Trinajstić information content (AvgIpc) is 2.57. The Balaban J connectivity index is 2.51. The van der Waals surface area contributed by atoms with Crippen LogP contribution in [-0.2, 0) is 20.6 Å². The molecule has 0 bridgehead atoms. The van der Waals surface area contributed by atoms with Crippen molar-refractivity contribution >= 4 is 14.1 Å². The third-order valence-corrected chi connectivity index (χ3v) is 9.75. The molecule has 4 heteroatoms. The van der Waals surface area contributed by atoms with Crippen molar-refractivity contribution in [3.8, 4) is 0 Å². The van der Waals surface area contributed by atoms with Crippen LogP contribution in [0.5, 0.6) is 0 Å². The van der Waals surface area contributed by atoms with Gasteiger partial charge < -0.3 is 9.16 Å². The molecule has 0 saturated carbocycles. The zero-order chi connectivity index (χ0) is 20.3. The van der Waals surface area contributed by atoms with Gasteiger partial charge in [0.15, 0.2) is 14.1 Å². The van der Waals surface area contributed by atoms with Crippen molar-refractivity contribution in [1.82, 2.24) is 0 Å². The minimum absolute atomic E-state index is 0.110. The minimum Gasteiger partial charge on any atom is -0.414 e. The first-order valence-electron chi connectivity index (χ1n) is 10.1. The van der Waals surface area contributed by atoms with E-state index in [9.17, 15) is 4.79 Å². The molecule has 1 atom stereocenters. The van der Waals surface area contributed by atoms with Crippen molar-refractivity contribution in [2.24, 2.45) is 0 Å². The van der Waals surface area contributed by atoms with Crippen molar-refractivity contribution in [3.05, 3.63) is 48.0 Å². The fraction of sp³-hybridized carbons (Fsp3) is 0.609. The Morgan fingerprint density at radius 3 is 2.41 bits per heavy atom. The molecule has 27 heavy (non-hydrogen) atoms. The molecule has 0 N–H and O–H groups in total. The van der Waals surface area contributed by atoms with Crippen molar-refractivity contribution in [2.75, 3.05) is 6.61 Å². The van der Waals surface area contributed by atoms with E-state index >= 15 is 0 Å². The summed E-state index contributed by atoms with van der Waals surface area (Å²) in [5, 5.41) is 0.199. The smallest absolute Gasteiger partial charge is 0.192 e. The summed E-state index contributed by atoms with van der Waals surface area (Å²) < 4.78 is 12.5. The second-order valence-electron chi connectivity index (χ2n) is 8.77. The molecule has 1 aromatic carbocycles. The van der Waals surface area contributed by atoms with E-state index in [-0.39, 0.29) is 16.9 Å². The van der Waals surface area contributed by atoms with Gasteiger partial charge in [0.05, 0.1) is 6.61 Å². The highest BCUT2D eigenvalue weighted by Crippen LogP contribution is 2.38.